The molecule has 0 fully saturated rings. The van der Waals surface area contributed by atoms with Gasteiger partial charge in [-0.1, -0.05) is 54.1 Å². The summed E-state index contributed by atoms with van der Waals surface area (Å²) in [6.07, 6.45) is -4.75. The van der Waals surface area contributed by atoms with Gasteiger partial charge in [-0.15, -0.1) is 0 Å². The number of amides is 1. The van der Waals surface area contributed by atoms with Gasteiger partial charge in [0.25, 0.3) is 0 Å². The number of nitrogens with zero attached hydrogens (tertiary/aromatic N) is 1. The molecular formula is C28H22ClF3N2O3. The van der Waals surface area contributed by atoms with Gasteiger partial charge < -0.3 is 10.1 Å². The average molecular weight is 527 g/mol. The zero-order valence-corrected chi connectivity index (χ0v) is 20.4. The maximum atomic E-state index is 14.0. The standard InChI is InChI=1S/C28H22ClF3N2O3/c1-37-18-12-10-16(11-13-18)17-14-22-25(24(35)15-17)26(19-6-2-3-7-20(19)29)34(27(36)28(30,31)32)23-9-5-4-8-21(23)33-22/h2-13,17,26,33H,14-15H2,1H3/t17-,26+/m1/s1. The zero-order valence-electron chi connectivity index (χ0n) is 19.7. The number of halogens is 4. The Hall–Kier alpha value is -3.78. The fourth-order valence-electron chi connectivity index (χ4n) is 5.05. The fraction of sp³-hybridized carbons (Fsp3) is 0.214. The van der Waals surface area contributed by atoms with Crippen molar-refractivity contribution in [3.8, 4) is 5.75 Å². The number of carbonyl (C=O) groups excluding carboxylic acids is 2. The summed E-state index contributed by atoms with van der Waals surface area (Å²) in [5, 5.41) is 3.36. The number of benzene rings is 3. The molecule has 0 unspecified atom stereocenters. The van der Waals surface area contributed by atoms with Crippen molar-refractivity contribution in [1.82, 2.24) is 0 Å². The van der Waals surface area contributed by atoms with Crippen molar-refractivity contribution in [1.29, 1.82) is 0 Å². The average Bonchev–Trinajstić information content (AvgIpc) is 3.02. The van der Waals surface area contributed by atoms with E-state index >= 15 is 0 Å². The molecule has 1 aliphatic carbocycles. The molecule has 5 rings (SSSR count). The first kappa shape index (κ1) is 24.9. The topological polar surface area (TPSA) is 58.6 Å². The lowest BCUT2D eigenvalue weighted by Crippen LogP contribution is -2.45. The van der Waals surface area contributed by atoms with Crippen LogP contribution in [0.2, 0.25) is 5.02 Å². The molecule has 0 radical (unpaired) electrons. The van der Waals surface area contributed by atoms with Crippen LogP contribution in [0.4, 0.5) is 24.5 Å². The Bertz CT molecular complexity index is 1400. The van der Waals surface area contributed by atoms with Crippen molar-refractivity contribution in [3.63, 3.8) is 0 Å². The van der Waals surface area contributed by atoms with Crippen LogP contribution in [0.5, 0.6) is 5.75 Å². The maximum absolute atomic E-state index is 14.0. The van der Waals surface area contributed by atoms with Gasteiger partial charge in [-0.25, -0.2) is 0 Å². The molecule has 0 saturated carbocycles. The summed E-state index contributed by atoms with van der Waals surface area (Å²) in [5.74, 6) is -1.97. The van der Waals surface area contributed by atoms with E-state index in [4.69, 9.17) is 16.3 Å². The minimum absolute atomic E-state index is 0.0120. The number of hydrogen-bond acceptors (Lipinski definition) is 4. The summed E-state index contributed by atoms with van der Waals surface area (Å²) in [7, 11) is 1.56. The summed E-state index contributed by atoms with van der Waals surface area (Å²) < 4.78 is 47.1. The highest BCUT2D eigenvalue weighted by molar-refractivity contribution is 6.31. The van der Waals surface area contributed by atoms with E-state index < -0.39 is 18.1 Å². The molecule has 1 aliphatic heterocycles. The Balaban J connectivity index is 1.71. The minimum Gasteiger partial charge on any atom is -0.497 e. The van der Waals surface area contributed by atoms with Crippen LogP contribution in [0.25, 0.3) is 0 Å². The molecule has 0 aromatic heterocycles. The molecule has 5 nitrogen and oxygen atoms in total. The number of para-hydroxylation sites is 2. The molecule has 0 saturated heterocycles. The SMILES string of the molecule is COc1ccc([C@H]2CC(=O)C3=C(C2)Nc2ccccc2N(C(=O)C(F)(F)F)[C@H]3c2ccccc2Cl)cc1. The molecule has 37 heavy (non-hydrogen) atoms. The molecule has 190 valence electrons. The number of rotatable bonds is 3. The quantitative estimate of drug-likeness (QED) is 0.407. The second-order valence-corrected chi connectivity index (χ2v) is 9.34. The Morgan fingerprint density at radius 3 is 2.35 bits per heavy atom. The summed E-state index contributed by atoms with van der Waals surface area (Å²) in [5.41, 5.74) is 2.02. The molecule has 3 aromatic rings. The smallest absolute Gasteiger partial charge is 0.471 e. The number of methoxy groups -OCH3 is 1. The molecule has 2 atom stereocenters. The van der Waals surface area contributed by atoms with Gasteiger partial charge >= 0.3 is 12.1 Å². The van der Waals surface area contributed by atoms with Crippen LogP contribution >= 0.6 is 11.6 Å². The van der Waals surface area contributed by atoms with Crippen molar-refractivity contribution in [2.75, 3.05) is 17.3 Å². The maximum Gasteiger partial charge on any atom is 0.471 e. The van der Waals surface area contributed by atoms with E-state index in [2.05, 4.69) is 5.32 Å². The predicted octanol–water partition coefficient (Wildman–Crippen LogP) is 6.81. The summed E-state index contributed by atoms with van der Waals surface area (Å²) in [4.78, 5) is 27.4. The molecule has 1 amide bonds. The summed E-state index contributed by atoms with van der Waals surface area (Å²) in [6.45, 7) is 0. The van der Waals surface area contributed by atoms with Crippen molar-refractivity contribution in [3.05, 3.63) is 100 Å². The van der Waals surface area contributed by atoms with Gasteiger partial charge in [0.05, 0.1) is 24.5 Å². The van der Waals surface area contributed by atoms with Gasteiger partial charge in [-0.05, 0) is 53.8 Å². The molecule has 0 bridgehead atoms. The number of ketones is 1. The largest absolute Gasteiger partial charge is 0.497 e. The fourth-order valence-corrected chi connectivity index (χ4v) is 5.29. The van der Waals surface area contributed by atoms with Gasteiger partial charge in [-0.2, -0.15) is 13.2 Å². The third-order valence-electron chi connectivity index (χ3n) is 6.74. The van der Waals surface area contributed by atoms with Crippen LogP contribution in [0, 0.1) is 0 Å². The third kappa shape index (κ3) is 4.57. The molecule has 9 heteroatoms. The lowest BCUT2D eigenvalue weighted by molar-refractivity contribution is -0.170. The van der Waals surface area contributed by atoms with Gasteiger partial charge in [0.1, 0.15) is 5.75 Å². The summed E-state index contributed by atoms with van der Waals surface area (Å²) in [6, 6.07) is 18.6. The first-order valence-electron chi connectivity index (χ1n) is 11.6. The number of fused-ring (bicyclic) bond motifs is 1. The van der Waals surface area contributed by atoms with Crippen LogP contribution in [0.1, 0.15) is 35.9 Å². The van der Waals surface area contributed by atoms with Gasteiger partial charge in [0, 0.05) is 22.7 Å². The number of alkyl halides is 3. The Labute approximate surface area is 216 Å². The Kier molecular flexibility index (Phi) is 6.45. The molecule has 1 heterocycles. The van der Waals surface area contributed by atoms with Crippen LogP contribution in [0.3, 0.4) is 0 Å². The number of hydrogen-bond donors (Lipinski definition) is 1. The second-order valence-electron chi connectivity index (χ2n) is 8.93. The van der Waals surface area contributed by atoms with E-state index in [1.165, 1.54) is 12.1 Å². The Morgan fingerprint density at radius 2 is 1.68 bits per heavy atom. The van der Waals surface area contributed by atoms with Gasteiger partial charge in [0.15, 0.2) is 5.78 Å². The monoisotopic (exact) mass is 526 g/mol. The minimum atomic E-state index is -5.18. The van der Waals surface area contributed by atoms with Crippen molar-refractivity contribution >= 4 is 34.7 Å². The molecule has 3 aromatic carbocycles. The van der Waals surface area contributed by atoms with Gasteiger partial charge in [-0.3, -0.25) is 14.5 Å². The van der Waals surface area contributed by atoms with E-state index in [-0.39, 0.29) is 40.0 Å². The highest BCUT2D eigenvalue weighted by Crippen LogP contribution is 2.49. The highest BCUT2D eigenvalue weighted by atomic mass is 35.5. The van der Waals surface area contributed by atoms with Crippen molar-refractivity contribution < 1.29 is 27.5 Å². The lowest BCUT2D eigenvalue weighted by Gasteiger charge is -2.35. The lowest BCUT2D eigenvalue weighted by atomic mass is 9.78. The van der Waals surface area contributed by atoms with Gasteiger partial charge in [0.2, 0.25) is 0 Å². The highest BCUT2D eigenvalue weighted by Gasteiger charge is 2.50. The molecule has 1 N–H and O–H groups in total. The second kappa shape index (κ2) is 9.59. The van der Waals surface area contributed by atoms with E-state index in [0.717, 1.165) is 5.56 Å². The predicted molar refractivity (Wildman–Crippen MR) is 135 cm³/mol. The van der Waals surface area contributed by atoms with E-state index in [1.54, 1.807) is 55.6 Å². The van der Waals surface area contributed by atoms with Crippen LogP contribution in [0.15, 0.2) is 84.1 Å². The molecule has 2 aliphatic rings. The van der Waals surface area contributed by atoms with Crippen LogP contribution in [-0.4, -0.2) is 25.0 Å². The molecule has 0 spiro atoms. The number of anilines is 2. The van der Waals surface area contributed by atoms with E-state index in [1.807, 2.05) is 12.1 Å². The molecular weight excluding hydrogens is 505 g/mol. The first-order chi connectivity index (χ1) is 17.7. The third-order valence-corrected chi connectivity index (χ3v) is 7.08. The van der Waals surface area contributed by atoms with E-state index in [0.29, 0.717) is 28.5 Å². The normalized spacial score (nSPS) is 19.5. The van der Waals surface area contributed by atoms with Crippen LogP contribution < -0.4 is 15.0 Å². The number of allylic oxidation sites excluding steroid dienone is 1. The first-order valence-corrected chi connectivity index (χ1v) is 12.0. The number of nitrogens with one attached hydrogen (secondary N) is 1. The van der Waals surface area contributed by atoms with Crippen molar-refractivity contribution in [2.45, 2.75) is 31.0 Å². The van der Waals surface area contributed by atoms with Crippen molar-refractivity contribution in [2.24, 2.45) is 0 Å². The summed E-state index contributed by atoms with van der Waals surface area (Å²) >= 11 is 6.47. The van der Waals surface area contributed by atoms with Crippen LogP contribution in [-0.2, 0) is 9.59 Å². The number of carbonyl (C=O) groups is 2. The zero-order chi connectivity index (χ0) is 26.3. The van der Waals surface area contributed by atoms with E-state index in [9.17, 15) is 22.8 Å². The number of Topliss-reactive ketones (excluding diaryl/α,β-unsaturated/α-hetero) is 1. The Morgan fingerprint density at radius 1 is 1.00 bits per heavy atom. The number of ether oxygens (including phenoxy) is 1.